The van der Waals surface area contributed by atoms with E-state index in [0.29, 0.717) is 62.3 Å². The van der Waals surface area contributed by atoms with E-state index >= 15 is 0 Å². The number of benzene rings is 2. The molecular formula is C40H47N5O7S. The molecule has 5 heterocycles. The summed E-state index contributed by atoms with van der Waals surface area (Å²) in [6.45, 7) is 5.44. The second-order valence-electron chi connectivity index (χ2n) is 14.9. The number of amides is 2. The standard InChI is InChI=1S/C40H47N5O7S/c1-5-24(2)53(48,49)42-39(46)26-11-13-33-35(17-26)44-19-28(37-34(18-41-43(37)3)40(47)45-29-20-51-22-30(45)23-52-21-29)15-27-16-31(50-4)12-14-32(27)38(44)36(33)25-9-7-6-8-10-25/h11-18,24-25,29-30H,5-10,19-23H2,1-4H3,(H,42,46). The number of nitrogens with zero attached hydrogens (tertiary/aromatic N) is 4. The Hall–Kier alpha value is -4.46. The van der Waals surface area contributed by atoms with Crippen LogP contribution in [0.4, 0.5) is 0 Å². The highest BCUT2D eigenvalue weighted by molar-refractivity contribution is 7.90. The van der Waals surface area contributed by atoms with Gasteiger partial charge in [-0.25, -0.2) is 13.1 Å². The quantitative estimate of drug-likeness (QED) is 0.242. The second-order valence-corrected chi connectivity index (χ2v) is 17.0. The number of hydrogen-bond donors (Lipinski definition) is 1. The molecular weight excluding hydrogens is 695 g/mol. The molecule has 1 unspecified atom stereocenters. The van der Waals surface area contributed by atoms with E-state index < -0.39 is 21.2 Å². The van der Waals surface area contributed by atoms with Crippen LogP contribution in [0.5, 0.6) is 5.75 Å². The number of aromatic nitrogens is 3. The van der Waals surface area contributed by atoms with Gasteiger partial charge in [0.15, 0.2) is 0 Å². The van der Waals surface area contributed by atoms with Gasteiger partial charge >= 0.3 is 0 Å². The Bertz CT molecular complexity index is 2210. The molecule has 13 heteroatoms. The minimum atomic E-state index is -3.85. The van der Waals surface area contributed by atoms with Gasteiger partial charge in [0.2, 0.25) is 10.0 Å². The molecule has 1 atom stereocenters. The number of ether oxygens (including phenoxy) is 3. The first-order chi connectivity index (χ1) is 25.6. The zero-order valence-corrected chi connectivity index (χ0v) is 31.6. The van der Waals surface area contributed by atoms with Crippen molar-refractivity contribution in [2.45, 2.75) is 82.2 Å². The molecule has 0 spiro atoms. The lowest BCUT2D eigenvalue weighted by molar-refractivity contribution is -0.119. The average molecular weight is 742 g/mol. The molecule has 3 aliphatic heterocycles. The van der Waals surface area contributed by atoms with Gasteiger partial charge < -0.3 is 23.7 Å². The van der Waals surface area contributed by atoms with Crippen LogP contribution in [0.25, 0.3) is 33.8 Å². The molecule has 2 amide bonds. The van der Waals surface area contributed by atoms with E-state index in [0.717, 1.165) is 59.0 Å². The zero-order chi connectivity index (χ0) is 37.0. The summed E-state index contributed by atoms with van der Waals surface area (Å²) >= 11 is 0. The van der Waals surface area contributed by atoms with Crippen molar-refractivity contribution < 1.29 is 32.2 Å². The summed E-state index contributed by atoms with van der Waals surface area (Å²) in [6, 6.07) is 11.3. The van der Waals surface area contributed by atoms with Crippen LogP contribution in [-0.2, 0) is 33.1 Å². The van der Waals surface area contributed by atoms with E-state index in [1.807, 2.05) is 36.2 Å². The molecule has 2 saturated heterocycles. The number of nitrogens with one attached hydrogen (secondary N) is 1. The van der Waals surface area contributed by atoms with Crippen LogP contribution in [0, 0.1) is 0 Å². The topological polar surface area (TPSA) is 134 Å². The van der Waals surface area contributed by atoms with Gasteiger partial charge in [0.25, 0.3) is 11.8 Å². The number of aryl methyl sites for hydroxylation is 1. The first-order valence-electron chi connectivity index (χ1n) is 18.7. The summed E-state index contributed by atoms with van der Waals surface area (Å²) in [6.07, 6.45) is 9.76. The summed E-state index contributed by atoms with van der Waals surface area (Å²) < 4.78 is 49.6. The Morgan fingerprint density at radius 2 is 1.72 bits per heavy atom. The van der Waals surface area contributed by atoms with Crippen molar-refractivity contribution in [3.8, 4) is 17.0 Å². The van der Waals surface area contributed by atoms with Gasteiger partial charge in [-0.3, -0.25) is 14.3 Å². The summed E-state index contributed by atoms with van der Waals surface area (Å²) in [5.74, 6) is 0.261. The summed E-state index contributed by atoms with van der Waals surface area (Å²) in [4.78, 5) is 30.0. The van der Waals surface area contributed by atoms with Crippen LogP contribution in [0.3, 0.4) is 0 Å². The van der Waals surface area contributed by atoms with Gasteiger partial charge in [-0.15, -0.1) is 0 Å². The fraction of sp³-hybridized carbons (Fsp3) is 0.475. The number of sulfonamides is 1. The number of methoxy groups -OCH3 is 1. The number of allylic oxidation sites excluding steroid dienone is 1. The van der Waals surface area contributed by atoms with E-state index in [4.69, 9.17) is 14.2 Å². The molecule has 8 rings (SSSR count). The monoisotopic (exact) mass is 741 g/mol. The van der Waals surface area contributed by atoms with Crippen molar-refractivity contribution in [2.24, 2.45) is 7.05 Å². The van der Waals surface area contributed by atoms with Crippen LogP contribution < -0.4 is 9.46 Å². The van der Waals surface area contributed by atoms with Crippen LogP contribution in [0.15, 0.2) is 42.6 Å². The Labute approximate surface area is 310 Å². The predicted octanol–water partition coefficient (Wildman–Crippen LogP) is 5.75. The molecule has 1 N–H and O–H groups in total. The molecule has 280 valence electrons. The van der Waals surface area contributed by atoms with Crippen molar-refractivity contribution in [1.82, 2.24) is 24.0 Å². The number of morpholine rings is 2. The number of carbonyl (C=O) groups is 2. The zero-order valence-electron chi connectivity index (χ0n) is 30.8. The molecule has 2 aromatic carbocycles. The molecule has 2 aromatic heterocycles. The van der Waals surface area contributed by atoms with Gasteiger partial charge in [-0.2, -0.15) is 5.10 Å². The smallest absolute Gasteiger partial charge is 0.264 e. The third kappa shape index (κ3) is 6.26. The third-order valence-corrected chi connectivity index (χ3v) is 13.5. The Morgan fingerprint density at radius 1 is 1.00 bits per heavy atom. The van der Waals surface area contributed by atoms with Crippen molar-refractivity contribution in [3.63, 3.8) is 0 Å². The van der Waals surface area contributed by atoms with Gasteiger partial charge in [0.1, 0.15) is 5.75 Å². The lowest BCUT2D eigenvalue weighted by Gasteiger charge is -2.45. The fourth-order valence-corrected chi connectivity index (χ4v) is 9.69. The van der Waals surface area contributed by atoms with Crippen LogP contribution in [0.1, 0.15) is 95.8 Å². The molecule has 1 aliphatic carbocycles. The number of hydrogen-bond acceptors (Lipinski definition) is 8. The van der Waals surface area contributed by atoms with E-state index in [2.05, 4.69) is 26.5 Å². The van der Waals surface area contributed by atoms with Gasteiger partial charge in [-0.1, -0.05) is 32.3 Å². The van der Waals surface area contributed by atoms with Crippen molar-refractivity contribution in [1.29, 1.82) is 0 Å². The van der Waals surface area contributed by atoms with Gasteiger partial charge in [0.05, 0.1) is 80.6 Å². The second kappa shape index (κ2) is 14.1. The van der Waals surface area contributed by atoms with Crippen LogP contribution in [0.2, 0.25) is 0 Å². The highest BCUT2D eigenvalue weighted by atomic mass is 32.2. The van der Waals surface area contributed by atoms with Crippen molar-refractivity contribution >= 4 is 44.4 Å². The highest BCUT2D eigenvalue weighted by Crippen LogP contribution is 2.48. The van der Waals surface area contributed by atoms with E-state index in [1.165, 1.54) is 12.0 Å². The molecule has 2 bridgehead atoms. The maximum Gasteiger partial charge on any atom is 0.264 e. The van der Waals surface area contributed by atoms with E-state index in [-0.39, 0.29) is 23.6 Å². The third-order valence-electron chi connectivity index (χ3n) is 11.6. The van der Waals surface area contributed by atoms with Crippen molar-refractivity contribution in [3.05, 3.63) is 70.5 Å². The number of fused-ring (bicyclic) bond motifs is 7. The predicted molar refractivity (Wildman–Crippen MR) is 202 cm³/mol. The SMILES string of the molecule is CCC(C)S(=O)(=O)NC(=O)c1ccc2c(C3CCCCC3)c3n(c2c1)CC(c1c(C(=O)N2C4COCC2COC4)cnn1C)=Cc1cc(OC)ccc1-3. The lowest BCUT2D eigenvalue weighted by atomic mass is 9.81. The van der Waals surface area contributed by atoms with E-state index in [9.17, 15) is 18.0 Å². The van der Waals surface area contributed by atoms with Crippen molar-refractivity contribution in [2.75, 3.05) is 33.5 Å². The first-order valence-corrected chi connectivity index (χ1v) is 20.3. The normalized spacial score (nSPS) is 21.0. The highest BCUT2D eigenvalue weighted by Gasteiger charge is 2.41. The summed E-state index contributed by atoms with van der Waals surface area (Å²) in [5.41, 5.74) is 7.46. The minimum absolute atomic E-state index is 0.104. The Kier molecular flexibility index (Phi) is 9.44. The molecule has 4 aliphatic rings. The molecule has 3 fully saturated rings. The fourth-order valence-electron chi connectivity index (χ4n) is 8.68. The summed E-state index contributed by atoms with van der Waals surface area (Å²) in [5, 5.41) is 4.96. The minimum Gasteiger partial charge on any atom is -0.497 e. The number of carbonyl (C=O) groups excluding carboxylic acids is 2. The maximum absolute atomic E-state index is 14.5. The summed E-state index contributed by atoms with van der Waals surface area (Å²) in [7, 11) is -0.340. The number of rotatable bonds is 8. The van der Waals surface area contributed by atoms with Crippen LogP contribution >= 0.6 is 0 Å². The van der Waals surface area contributed by atoms with Crippen LogP contribution in [-0.4, -0.2) is 90.4 Å². The molecule has 12 nitrogen and oxygen atoms in total. The molecule has 4 aromatic rings. The van der Waals surface area contributed by atoms with Gasteiger partial charge in [-0.05, 0) is 85.2 Å². The Balaban J connectivity index is 1.31. The molecule has 1 saturated carbocycles. The Morgan fingerprint density at radius 3 is 2.40 bits per heavy atom. The molecule has 0 radical (unpaired) electrons. The average Bonchev–Trinajstić information content (AvgIpc) is 3.65. The maximum atomic E-state index is 14.5. The first kappa shape index (κ1) is 35.6. The largest absolute Gasteiger partial charge is 0.497 e. The van der Waals surface area contributed by atoms with Gasteiger partial charge in [0, 0.05) is 29.1 Å². The van der Waals surface area contributed by atoms with E-state index in [1.54, 1.807) is 37.9 Å². The molecule has 53 heavy (non-hydrogen) atoms. The lowest BCUT2D eigenvalue weighted by Crippen LogP contribution is -2.61.